The summed E-state index contributed by atoms with van der Waals surface area (Å²) in [7, 11) is 0. The number of hydrogen-bond acceptors (Lipinski definition) is 3. The maximum atomic E-state index is 13.7. The van der Waals surface area contributed by atoms with E-state index in [0.717, 1.165) is 23.2 Å². The minimum absolute atomic E-state index is 0.142. The van der Waals surface area contributed by atoms with E-state index in [-0.39, 0.29) is 11.9 Å². The van der Waals surface area contributed by atoms with Crippen molar-refractivity contribution in [2.24, 2.45) is 0 Å². The highest BCUT2D eigenvalue weighted by Gasteiger charge is 2.16. The maximum absolute atomic E-state index is 13.7. The molecular weight excluding hydrogens is 357 g/mol. The van der Waals surface area contributed by atoms with E-state index in [0.29, 0.717) is 4.90 Å². The zero-order valence-electron chi connectivity index (χ0n) is 11.2. The monoisotopic (exact) mass is 373 g/mol. The fourth-order valence-corrected chi connectivity index (χ4v) is 4.68. The van der Waals surface area contributed by atoms with Gasteiger partial charge in [0.15, 0.2) is 0 Å². The summed E-state index contributed by atoms with van der Waals surface area (Å²) in [6.07, 6.45) is 1.09. The largest absolute Gasteiger partial charge is 0.309 e. The molecule has 1 nitrogen and oxygen atoms in total. The van der Waals surface area contributed by atoms with Crippen LogP contribution in [-0.4, -0.2) is 12.3 Å². The zero-order chi connectivity index (χ0) is 14.4. The van der Waals surface area contributed by atoms with Crippen LogP contribution >= 0.6 is 39.0 Å². The minimum Gasteiger partial charge on any atom is -0.309 e. The highest BCUT2D eigenvalue weighted by atomic mass is 79.9. The second-order valence-corrected chi connectivity index (χ2v) is 7.24. The van der Waals surface area contributed by atoms with Crippen LogP contribution < -0.4 is 5.32 Å². The van der Waals surface area contributed by atoms with Crippen molar-refractivity contribution >= 4 is 39.0 Å². The van der Waals surface area contributed by atoms with Crippen LogP contribution in [0.4, 0.5) is 4.39 Å². The van der Waals surface area contributed by atoms with Gasteiger partial charge >= 0.3 is 0 Å². The minimum atomic E-state index is -0.142. The van der Waals surface area contributed by atoms with Crippen LogP contribution in [0.2, 0.25) is 0 Å². The van der Waals surface area contributed by atoms with Gasteiger partial charge in [0.25, 0.3) is 0 Å². The Morgan fingerprint density at radius 3 is 2.80 bits per heavy atom. The molecule has 108 valence electrons. The van der Waals surface area contributed by atoms with Gasteiger partial charge in [-0.25, -0.2) is 4.39 Å². The lowest BCUT2D eigenvalue weighted by atomic mass is 10.2. The molecule has 5 heteroatoms. The van der Waals surface area contributed by atoms with Gasteiger partial charge in [-0.3, -0.25) is 0 Å². The van der Waals surface area contributed by atoms with Gasteiger partial charge in [-0.15, -0.1) is 23.1 Å². The van der Waals surface area contributed by atoms with Gasteiger partial charge in [0, 0.05) is 20.0 Å². The highest BCUT2D eigenvalue weighted by Crippen LogP contribution is 2.33. The first-order valence-corrected chi connectivity index (χ1v) is 9.21. The molecule has 0 fully saturated rings. The smallest absolute Gasteiger partial charge is 0.136 e. The molecule has 1 aromatic heterocycles. The molecule has 0 radical (unpaired) electrons. The second kappa shape index (κ2) is 8.17. The van der Waals surface area contributed by atoms with E-state index in [4.69, 9.17) is 0 Å². The first kappa shape index (κ1) is 16.0. The summed E-state index contributed by atoms with van der Waals surface area (Å²) in [5.74, 6) is 0.678. The van der Waals surface area contributed by atoms with Crippen molar-refractivity contribution in [2.45, 2.75) is 24.3 Å². The van der Waals surface area contributed by atoms with Crippen molar-refractivity contribution in [3.63, 3.8) is 0 Å². The van der Waals surface area contributed by atoms with Gasteiger partial charge in [-0.05, 0) is 52.5 Å². The molecule has 0 aliphatic heterocycles. The molecule has 0 aliphatic carbocycles. The van der Waals surface area contributed by atoms with Gasteiger partial charge in [0.05, 0.1) is 6.04 Å². The van der Waals surface area contributed by atoms with Gasteiger partial charge in [-0.1, -0.05) is 19.1 Å². The summed E-state index contributed by atoms with van der Waals surface area (Å²) < 4.78 is 14.8. The first-order valence-electron chi connectivity index (χ1n) is 6.56. The van der Waals surface area contributed by atoms with Crippen LogP contribution in [0, 0.1) is 5.82 Å². The summed E-state index contributed by atoms with van der Waals surface area (Å²) in [4.78, 5) is 1.99. The number of benzene rings is 1. The van der Waals surface area contributed by atoms with E-state index in [9.17, 15) is 4.39 Å². The fraction of sp³-hybridized carbons (Fsp3) is 0.333. The van der Waals surface area contributed by atoms with Crippen LogP contribution in [0.3, 0.4) is 0 Å². The number of hydrogen-bond donors (Lipinski definition) is 1. The fourth-order valence-electron chi connectivity index (χ4n) is 1.83. The van der Waals surface area contributed by atoms with E-state index in [1.54, 1.807) is 29.2 Å². The molecule has 2 aromatic rings. The molecule has 0 spiro atoms. The number of thiophene rings is 1. The van der Waals surface area contributed by atoms with Crippen LogP contribution in [-0.2, 0) is 0 Å². The maximum Gasteiger partial charge on any atom is 0.136 e. The number of halogens is 2. The van der Waals surface area contributed by atoms with E-state index in [1.807, 2.05) is 12.1 Å². The van der Waals surface area contributed by atoms with E-state index in [2.05, 4.69) is 39.6 Å². The topological polar surface area (TPSA) is 12.0 Å². The molecule has 0 saturated carbocycles. The van der Waals surface area contributed by atoms with Crippen molar-refractivity contribution in [1.29, 1.82) is 0 Å². The van der Waals surface area contributed by atoms with Crippen molar-refractivity contribution in [3.05, 3.63) is 50.9 Å². The van der Waals surface area contributed by atoms with Gasteiger partial charge < -0.3 is 5.32 Å². The van der Waals surface area contributed by atoms with Crippen LogP contribution in [0.15, 0.2) is 45.1 Å². The lowest BCUT2D eigenvalue weighted by Crippen LogP contribution is -2.23. The Kier molecular flexibility index (Phi) is 6.55. The molecule has 20 heavy (non-hydrogen) atoms. The van der Waals surface area contributed by atoms with Crippen molar-refractivity contribution in [2.75, 3.05) is 12.3 Å². The van der Waals surface area contributed by atoms with E-state index in [1.165, 1.54) is 10.9 Å². The quantitative estimate of drug-likeness (QED) is 0.644. The van der Waals surface area contributed by atoms with Crippen molar-refractivity contribution < 1.29 is 4.39 Å². The first-order chi connectivity index (χ1) is 9.72. The lowest BCUT2D eigenvalue weighted by molar-refractivity contribution is 0.581. The summed E-state index contributed by atoms with van der Waals surface area (Å²) >= 11 is 6.88. The van der Waals surface area contributed by atoms with Crippen molar-refractivity contribution in [3.8, 4) is 0 Å². The Balaban J connectivity index is 2.05. The van der Waals surface area contributed by atoms with E-state index >= 15 is 0 Å². The van der Waals surface area contributed by atoms with E-state index < -0.39 is 0 Å². The predicted octanol–water partition coefficient (Wildman–Crippen LogP) is 5.48. The molecular formula is C15H17BrFNS2. The molecule has 1 heterocycles. The molecule has 0 saturated heterocycles. The summed E-state index contributed by atoms with van der Waals surface area (Å²) in [6, 6.07) is 9.25. The summed E-state index contributed by atoms with van der Waals surface area (Å²) in [6.45, 7) is 3.12. The Hall–Kier alpha value is -0.360. The molecule has 1 aromatic carbocycles. The van der Waals surface area contributed by atoms with Gasteiger partial charge in [-0.2, -0.15) is 0 Å². The number of thioether (sulfide) groups is 1. The number of rotatable bonds is 7. The summed E-state index contributed by atoms with van der Waals surface area (Å²) in [5.41, 5.74) is 0. The Morgan fingerprint density at radius 2 is 2.15 bits per heavy atom. The third-order valence-corrected chi connectivity index (χ3v) is 5.97. The van der Waals surface area contributed by atoms with Gasteiger partial charge in [0.2, 0.25) is 0 Å². The Bertz CT molecular complexity index is 544. The molecule has 1 N–H and O–H groups in total. The van der Waals surface area contributed by atoms with Crippen LogP contribution in [0.25, 0.3) is 0 Å². The average Bonchev–Trinajstić information content (AvgIpc) is 2.87. The predicted molar refractivity (Wildman–Crippen MR) is 90.2 cm³/mol. The van der Waals surface area contributed by atoms with Crippen LogP contribution in [0.1, 0.15) is 24.3 Å². The summed E-state index contributed by atoms with van der Waals surface area (Å²) in [5, 5.41) is 5.62. The Morgan fingerprint density at radius 1 is 1.35 bits per heavy atom. The molecule has 1 atom stereocenters. The lowest BCUT2D eigenvalue weighted by Gasteiger charge is -2.17. The zero-order valence-corrected chi connectivity index (χ0v) is 14.5. The van der Waals surface area contributed by atoms with Crippen molar-refractivity contribution in [1.82, 2.24) is 5.32 Å². The number of nitrogens with one attached hydrogen (secondary N) is 1. The third-order valence-electron chi connectivity index (χ3n) is 2.84. The van der Waals surface area contributed by atoms with Crippen LogP contribution in [0.5, 0.6) is 0 Å². The molecule has 0 aliphatic rings. The van der Waals surface area contributed by atoms with Gasteiger partial charge in [0.1, 0.15) is 5.82 Å². The SMILES string of the molecule is CCCNC(CSc1ccccc1F)c1sccc1Br. The molecule has 2 rings (SSSR count). The highest BCUT2D eigenvalue weighted by molar-refractivity contribution is 9.10. The normalized spacial score (nSPS) is 12.6. The standard InChI is InChI=1S/C15H17BrFNS2/c1-2-8-18-13(15-11(16)7-9-19-15)10-20-14-6-4-3-5-12(14)17/h3-7,9,13,18H,2,8,10H2,1H3. The Labute approximate surface area is 136 Å². The molecule has 0 amide bonds. The second-order valence-electron chi connectivity index (χ2n) is 4.38. The third kappa shape index (κ3) is 4.32. The average molecular weight is 374 g/mol. The molecule has 0 bridgehead atoms. The molecule has 1 unspecified atom stereocenters.